The summed E-state index contributed by atoms with van der Waals surface area (Å²) in [7, 11) is 0. The van der Waals surface area contributed by atoms with Crippen molar-refractivity contribution in [1.82, 2.24) is 0 Å². The monoisotopic (exact) mass is 250 g/mol. The molecule has 0 bridgehead atoms. The molecule has 0 heterocycles. The van der Waals surface area contributed by atoms with Gasteiger partial charge in [0.25, 0.3) is 0 Å². The van der Waals surface area contributed by atoms with E-state index in [1.807, 2.05) is 0 Å². The zero-order chi connectivity index (χ0) is 11.3. The summed E-state index contributed by atoms with van der Waals surface area (Å²) in [6.07, 6.45) is 0.219. The van der Waals surface area contributed by atoms with Gasteiger partial charge in [-0.25, -0.2) is 4.39 Å². The molecule has 0 aromatic heterocycles. The van der Waals surface area contributed by atoms with Gasteiger partial charge < -0.3 is 4.74 Å². The van der Waals surface area contributed by atoms with E-state index in [4.69, 9.17) is 27.9 Å². The third kappa shape index (κ3) is 4.06. The molecule has 0 amide bonds. The molecular weight excluding hydrogens is 242 g/mol. The number of ether oxygens (including phenoxy) is 1. The van der Waals surface area contributed by atoms with E-state index in [0.29, 0.717) is 5.75 Å². The van der Waals surface area contributed by atoms with Crippen molar-refractivity contribution in [3.8, 4) is 5.75 Å². The molecule has 82 valence electrons. The van der Waals surface area contributed by atoms with Crippen molar-refractivity contribution in [3.63, 3.8) is 0 Å². The van der Waals surface area contributed by atoms with E-state index >= 15 is 0 Å². The highest BCUT2D eigenvalue weighted by atomic mass is 35.5. The molecule has 1 aromatic carbocycles. The van der Waals surface area contributed by atoms with E-state index in [1.54, 1.807) is 0 Å². The molecule has 1 aromatic rings. The molecule has 0 saturated carbocycles. The van der Waals surface area contributed by atoms with Gasteiger partial charge in [-0.15, -0.1) is 11.6 Å². The summed E-state index contributed by atoms with van der Waals surface area (Å²) in [4.78, 5) is 10.8. The minimum Gasteiger partial charge on any atom is -0.492 e. The molecule has 0 radical (unpaired) electrons. The fraction of sp³-hybridized carbons (Fsp3) is 0.300. The third-order valence-corrected chi connectivity index (χ3v) is 2.27. The Morgan fingerprint density at radius 2 is 2.20 bits per heavy atom. The number of carbonyl (C=O) groups excluding carboxylic acids is 1. The average Bonchev–Trinajstić information content (AvgIpc) is 2.21. The average molecular weight is 251 g/mol. The van der Waals surface area contributed by atoms with Crippen molar-refractivity contribution in [2.24, 2.45) is 0 Å². The highest BCUT2D eigenvalue weighted by Gasteiger charge is 2.04. The summed E-state index contributed by atoms with van der Waals surface area (Å²) < 4.78 is 17.8. The number of benzene rings is 1. The zero-order valence-electron chi connectivity index (χ0n) is 7.80. The molecule has 2 nitrogen and oxygen atoms in total. The molecule has 0 aliphatic rings. The number of Topliss-reactive ketones (excluding diaryl/α,β-unsaturated/α-hetero) is 1. The lowest BCUT2D eigenvalue weighted by Gasteiger charge is -2.06. The maximum atomic E-state index is 12.6. The van der Waals surface area contributed by atoms with Crippen LogP contribution in [0.4, 0.5) is 4.39 Å². The zero-order valence-corrected chi connectivity index (χ0v) is 9.32. The van der Waals surface area contributed by atoms with Crippen LogP contribution in [0.1, 0.15) is 6.42 Å². The Hall–Kier alpha value is -0.800. The fourth-order valence-electron chi connectivity index (χ4n) is 0.934. The maximum absolute atomic E-state index is 12.6. The van der Waals surface area contributed by atoms with Gasteiger partial charge in [0.05, 0.1) is 17.5 Å². The second-order valence-corrected chi connectivity index (χ2v) is 3.52. The van der Waals surface area contributed by atoms with E-state index in [1.165, 1.54) is 12.1 Å². The maximum Gasteiger partial charge on any atom is 0.150 e. The number of ketones is 1. The van der Waals surface area contributed by atoms with E-state index in [0.717, 1.165) is 6.07 Å². The van der Waals surface area contributed by atoms with Crippen molar-refractivity contribution >= 4 is 29.0 Å². The molecule has 15 heavy (non-hydrogen) atoms. The largest absolute Gasteiger partial charge is 0.492 e. The molecule has 0 atom stereocenters. The number of carbonyl (C=O) groups is 1. The van der Waals surface area contributed by atoms with E-state index < -0.39 is 5.82 Å². The number of hydrogen-bond acceptors (Lipinski definition) is 2. The minimum absolute atomic E-state index is 0.0273. The van der Waals surface area contributed by atoms with Crippen LogP contribution in [-0.2, 0) is 4.79 Å². The van der Waals surface area contributed by atoms with Gasteiger partial charge in [0.15, 0.2) is 5.78 Å². The molecule has 0 spiro atoms. The van der Waals surface area contributed by atoms with Crippen LogP contribution in [0.2, 0.25) is 5.02 Å². The highest BCUT2D eigenvalue weighted by Crippen LogP contribution is 2.24. The van der Waals surface area contributed by atoms with Crippen molar-refractivity contribution in [2.45, 2.75) is 6.42 Å². The Labute approximate surface area is 96.9 Å². The van der Waals surface area contributed by atoms with Crippen LogP contribution < -0.4 is 4.74 Å². The van der Waals surface area contributed by atoms with Crippen LogP contribution in [0.5, 0.6) is 5.75 Å². The molecule has 0 unspecified atom stereocenters. The van der Waals surface area contributed by atoms with Crippen LogP contribution in [0.3, 0.4) is 0 Å². The van der Waals surface area contributed by atoms with Crippen LogP contribution in [0.15, 0.2) is 18.2 Å². The molecule has 0 aliphatic carbocycles. The summed E-state index contributed by atoms with van der Waals surface area (Å²) >= 11 is 11.0. The highest BCUT2D eigenvalue weighted by molar-refractivity contribution is 6.32. The molecular formula is C10H9Cl2FO2. The molecule has 0 saturated heterocycles. The summed E-state index contributed by atoms with van der Waals surface area (Å²) in [6.45, 7) is 0.191. The lowest BCUT2D eigenvalue weighted by Crippen LogP contribution is -2.07. The SMILES string of the molecule is O=C(CCl)CCOc1ccc(F)cc1Cl. The van der Waals surface area contributed by atoms with Crippen LogP contribution in [0, 0.1) is 5.82 Å². The second kappa shape index (κ2) is 5.93. The first kappa shape index (κ1) is 12.3. The Bertz CT molecular complexity index is 355. The van der Waals surface area contributed by atoms with Gasteiger partial charge >= 0.3 is 0 Å². The first-order valence-electron chi connectivity index (χ1n) is 4.29. The first-order chi connectivity index (χ1) is 7.13. The summed E-state index contributed by atoms with van der Waals surface area (Å²) in [5.74, 6) is -0.194. The standard InChI is InChI=1S/C10H9Cl2FO2/c11-6-8(14)3-4-15-10-2-1-7(13)5-9(10)12/h1-2,5H,3-4,6H2. The number of alkyl halides is 1. The molecule has 0 N–H and O–H groups in total. The minimum atomic E-state index is -0.427. The van der Waals surface area contributed by atoms with Crippen LogP contribution in [0.25, 0.3) is 0 Å². The van der Waals surface area contributed by atoms with Gasteiger partial charge in [0, 0.05) is 6.42 Å². The van der Waals surface area contributed by atoms with E-state index in [-0.39, 0.29) is 29.7 Å². The van der Waals surface area contributed by atoms with Gasteiger partial charge in [-0.1, -0.05) is 11.6 Å². The Morgan fingerprint density at radius 1 is 1.47 bits per heavy atom. The third-order valence-electron chi connectivity index (χ3n) is 1.68. The number of hydrogen-bond donors (Lipinski definition) is 0. The van der Waals surface area contributed by atoms with Gasteiger partial charge in [-0.2, -0.15) is 0 Å². The molecule has 5 heteroatoms. The topological polar surface area (TPSA) is 26.3 Å². The van der Waals surface area contributed by atoms with Gasteiger partial charge in [0.1, 0.15) is 11.6 Å². The Morgan fingerprint density at radius 3 is 2.80 bits per heavy atom. The van der Waals surface area contributed by atoms with Crippen LogP contribution >= 0.6 is 23.2 Å². The predicted molar refractivity (Wildman–Crippen MR) is 57.2 cm³/mol. The predicted octanol–water partition coefficient (Wildman–Crippen LogP) is 3.06. The van der Waals surface area contributed by atoms with Gasteiger partial charge in [-0.3, -0.25) is 4.79 Å². The van der Waals surface area contributed by atoms with Gasteiger partial charge in [-0.05, 0) is 18.2 Å². The number of rotatable bonds is 5. The van der Waals surface area contributed by atoms with Crippen molar-refractivity contribution in [3.05, 3.63) is 29.0 Å². The van der Waals surface area contributed by atoms with Gasteiger partial charge in [0.2, 0.25) is 0 Å². The smallest absolute Gasteiger partial charge is 0.150 e. The Balaban J connectivity index is 2.47. The molecule has 0 fully saturated rings. The summed E-state index contributed by atoms with van der Waals surface area (Å²) in [5.41, 5.74) is 0. The first-order valence-corrected chi connectivity index (χ1v) is 5.20. The summed E-state index contributed by atoms with van der Waals surface area (Å²) in [6, 6.07) is 3.81. The molecule has 1 rings (SSSR count). The normalized spacial score (nSPS) is 10.1. The Kier molecular flexibility index (Phi) is 4.85. The quantitative estimate of drug-likeness (QED) is 0.752. The van der Waals surface area contributed by atoms with E-state index in [2.05, 4.69) is 0 Å². The lowest BCUT2D eigenvalue weighted by atomic mass is 10.3. The lowest BCUT2D eigenvalue weighted by molar-refractivity contribution is -0.117. The van der Waals surface area contributed by atoms with Crippen LogP contribution in [-0.4, -0.2) is 18.3 Å². The summed E-state index contributed by atoms with van der Waals surface area (Å²) in [5, 5.41) is 0.188. The fourth-order valence-corrected chi connectivity index (χ4v) is 1.29. The second-order valence-electron chi connectivity index (χ2n) is 2.85. The van der Waals surface area contributed by atoms with E-state index in [9.17, 15) is 9.18 Å². The number of halogens is 3. The van der Waals surface area contributed by atoms with Crippen molar-refractivity contribution < 1.29 is 13.9 Å². The molecule has 0 aliphatic heterocycles. The van der Waals surface area contributed by atoms with Crippen molar-refractivity contribution in [1.29, 1.82) is 0 Å². The van der Waals surface area contributed by atoms with Crippen molar-refractivity contribution in [2.75, 3.05) is 12.5 Å².